The van der Waals surface area contributed by atoms with Gasteiger partial charge in [0.15, 0.2) is 10.9 Å². The number of nitrogen functional groups attached to an aromatic ring is 1. The number of aromatic nitrogens is 2. The van der Waals surface area contributed by atoms with Gasteiger partial charge in [0.1, 0.15) is 5.82 Å². The zero-order valence-electron chi connectivity index (χ0n) is 6.27. The average molecular weight is 185 g/mol. The first-order valence-electron chi connectivity index (χ1n) is 3.08. The minimum Gasteiger partial charge on any atom is -0.476 e. The molecule has 0 radical (unpaired) electrons. The quantitative estimate of drug-likeness (QED) is 0.434. The van der Waals surface area contributed by atoms with E-state index in [4.69, 9.17) is 10.8 Å². The zero-order chi connectivity index (χ0) is 9.30. The molecule has 0 fully saturated rings. The maximum Gasteiger partial charge on any atom is 0.355 e. The Morgan fingerprint density at radius 2 is 2.17 bits per heavy atom. The lowest BCUT2D eigenvalue weighted by Gasteiger charge is -2.02. The molecule has 1 heterocycles. The van der Waals surface area contributed by atoms with E-state index in [-0.39, 0.29) is 16.7 Å². The number of rotatable bonds is 1. The van der Waals surface area contributed by atoms with Crippen LogP contribution < -0.4 is 5.73 Å². The number of aromatic carboxylic acids is 1. The van der Waals surface area contributed by atoms with E-state index in [0.717, 1.165) is 0 Å². The summed E-state index contributed by atoms with van der Waals surface area (Å²) >= 11 is 3.80. The summed E-state index contributed by atoms with van der Waals surface area (Å²) in [5.74, 6) is -0.982. The van der Waals surface area contributed by atoms with E-state index in [1.54, 1.807) is 6.92 Å². The van der Waals surface area contributed by atoms with Crippen molar-refractivity contribution >= 4 is 24.4 Å². The van der Waals surface area contributed by atoms with Crippen molar-refractivity contribution < 1.29 is 9.90 Å². The van der Waals surface area contributed by atoms with Gasteiger partial charge in [-0.3, -0.25) is 0 Å². The van der Waals surface area contributed by atoms with E-state index in [1.165, 1.54) is 0 Å². The largest absolute Gasteiger partial charge is 0.476 e. The molecule has 0 aliphatic carbocycles. The molecule has 3 N–H and O–H groups in total. The molecule has 12 heavy (non-hydrogen) atoms. The summed E-state index contributed by atoms with van der Waals surface area (Å²) in [6, 6.07) is 0. The van der Waals surface area contributed by atoms with E-state index in [2.05, 4.69) is 22.6 Å². The maximum atomic E-state index is 10.5. The molecule has 1 aromatic rings. The van der Waals surface area contributed by atoms with Crippen molar-refractivity contribution in [3.63, 3.8) is 0 Å². The predicted molar refractivity (Wildman–Crippen MR) is 45.4 cm³/mol. The normalized spacial score (nSPS) is 9.83. The van der Waals surface area contributed by atoms with Gasteiger partial charge >= 0.3 is 5.97 Å². The highest BCUT2D eigenvalue weighted by Gasteiger charge is 2.12. The van der Waals surface area contributed by atoms with Gasteiger partial charge in [-0.15, -0.1) is 12.6 Å². The summed E-state index contributed by atoms with van der Waals surface area (Å²) in [5, 5.41) is 8.70. The number of carboxylic acids is 1. The Kier molecular flexibility index (Phi) is 2.18. The van der Waals surface area contributed by atoms with Gasteiger partial charge in [-0.05, 0) is 6.92 Å². The zero-order valence-corrected chi connectivity index (χ0v) is 7.17. The monoisotopic (exact) mass is 185 g/mol. The smallest absolute Gasteiger partial charge is 0.355 e. The van der Waals surface area contributed by atoms with Crippen LogP contribution in [0.25, 0.3) is 0 Å². The van der Waals surface area contributed by atoms with Crippen LogP contribution in [0, 0.1) is 6.92 Å². The molecule has 0 atom stereocenters. The molecule has 0 bridgehead atoms. The first kappa shape index (κ1) is 8.79. The van der Waals surface area contributed by atoms with Crippen LogP contribution in [-0.2, 0) is 0 Å². The van der Waals surface area contributed by atoms with Crippen LogP contribution >= 0.6 is 12.6 Å². The molecule has 5 nitrogen and oxygen atoms in total. The lowest BCUT2D eigenvalue weighted by Crippen LogP contribution is -2.08. The SMILES string of the molecule is Cc1c(N)nc(S)nc1C(=O)O. The molecule has 64 valence electrons. The standard InChI is InChI=1S/C6H7N3O2S/c1-2-3(5(10)11)8-6(12)9-4(2)7/h1H3,(H,10,11)(H3,7,8,9,12). The number of nitrogens with zero attached hydrogens (tertiary/aromatic N) is 2. The van der Waals surface area contributed by atoms with Crippen molar-refractivity contribution in [1.29, 1.82) is 0 Å². The van der Waals surface area contributed by atoms with Crippen LogP contribution in [0.2, 0.25) is 0 Å². The summed E-state index contributed by atoms with van der Waals surface area (Å²) in [4.78, 5) is 17.8. The third-order valence-corrected chi connectivity index (χ3v) is 1.57. The van der Waals surface area contributed by atoms with Crippen molar-refractivity contribution in [1.82, 2.24) is 9.97 Å². The van der Waals surface area contributed by atoms with E-state index in [9.17, 15) is 4.79 Å². The number of anilines is 1. The van der Waals surface area contributed by atoms with Gasteiger partial charge in [0.2, 0.25) is 0 Å². The summed E-state index contributed by atoms with van der Waals surface area (Å²) < 4.78 is 0. The highest BCUT2D eigenvalue weighted by Crippen LogP contribution is 2.13. The van der Waals surface area contributed by atoms with Gasteiger partial charge in [-0.2, -0.15) is 0 Å². The molecule has 0 aliphatic heterocycles. The Morgan fingerprint density at radius 1 is 1.58 bits per heavy atom. The first-order chi connectivity index (χ1) is 5.52. The molecule has 6 heteroatoms. The molecule has 0 saturated heterocycles. The van der Waals surface area contributed by atoms with Crippen molar-refractivity contribution in [2.75, 3.05) is 5.73 Å². The minimum absolute atomic E-state index is 0.0653. The molecule has 0 saturated carbocycles. The van der Waals surface area contributed by atoms with Crippen molar-refractivity contribution in [2.24, 2.45) is 0 Å². The number of hydrogen-bond donors (Lipinski definition) is 3. The fraction of sp³-hybridized carbons (Fsp3) is 0.167. The van der Waals surface area contributed by atoms with E-state index >= 15 is 0 Å². The second-order valence-electron chi connectivity index (χ2n) is 2.19. The molecular weight excluding hydrogens is 178 g/mol. The topological polar surface area (TPSA) is 89.1 Å². The summed E-state index contributed by atoms with van der Waals surface area (Å²) in [6.45, 7) is 1.55. The Morgan fingerprint density at radius 3 is 2.67 bits per heavy atom. The van der Waals surface area contributed by atoms with Crippen LogP contribution in [0.5, 0.6) is 0 Å². The number of nitrogens with two attached hydrogens (primary N) is 1. The lowest BCUT2D eigenvalue weighted by molar-refractivity contribution is 0.0688. The van der Waals surface area contributed by atoms with Crippen molar-refractivity contribution in [3.05, 3.63) is 11.3 Å². The number of thiol groups is 1. The van der Waals surface area contributed by atoms with Gasteiger partial charge in [0.25, 0.3) is 0 Å². The second kappa shape index (κ2) is 2.98. The van der Waals surface area contributed by atoms with Crippen LogP contribution in [0.15, 0.2) is 5.16 Å². The van der Waals surface area contributed by atoms with Crippen molar-refractivity contribution in [3.8, 4) is 0 Å². The molecule has 0 unspecified atom stereocenters. The fourth-order valence-corrected chi connectivity index (χ4v) is 0.938. The highest BCUT2D eigenvalue weighted by atomic mass is 32.1. The van der Waals surface area contributed by atoms with Crippen LogP contribution in [-0.4, -0.2) is 21.0 Å². The molecule has 0 spiro atoms. The predicted octanol–water partition coefficient (Wildman–Crippen LogP) is 0.354. The molecular formula is C6H7N3O2S. The Bertz CT molecular complexity index is 340. The Hall–Kier alpha value is -1.30. The maximum absolute atomic E-state index is 10.5. The van der Waals surface area contributed by atoms with Gasteiger partial charge in [0.05, 0.1) is 0 Å². The number of carbonyl (C=O) groups is 1. The summed E-state index contributed by atoms with van der Waals surface area (Å²) in [6.07, 6.45) is 0. The van der Waals surface area contributed by atoms with Crippen molar-refractivity contribution in [2.45, 2.75) is 12.1 Å². The Balaban J connectivity index is 3.37. The van der Waals surface area contributed by atoms with Gasteiger partial charge in [0, 0.05) is 5.56 Å². The lowest BCUT2D eigenvalue weighted by atomic mass is 10.2. The average Bonchev–Trinajstić information content (AvgIpc) is 1.96. The fourth-order valence-electron chi connectivity index (χ4n) is 0.730. The summed E-state index contributed by atoms with van der Waals surface area (Å²) in [7, 11) is 0. The van der Waals surface area contributed by atoms with E-state index < -0.39 is 5.97 Å². The molecule has 1 rings (SSSR count). The van der Waals surface area contributed by atoms with Crippen LogP contribution in [0.3, 0.4) is 0 Å². The van der Waals surface area contributed by atoms with Crippen LogP contribution in [0.4, 0.5) is 5.82 Å². The van der Waals surface area contributed by atoms with E-state index in [1.807, 2.05) is 0 Å². The molecule has 1 aromatic heterocycles. The highest BCUT2D eigenvalue weighted by molar-refractivity contribution is 7.80. The van der Waals surface area contributed by atoms with E-state index in [0.29, 0.717) is 5.56 Å². The number of carboxylic acid groups (broad SMARTS) is 1. The Labute approximate surface area is 74.1 Å². The van der Waals surface area contributed by atoms with Gasteiger partial charge in [-0.1, -0.05) is 0 Å². The molecule has 0 aliphatic rings. The molecule has 0 amide bonds. The third kappa shape index (κ3) is 1.48. The third-order valence-electron chi connectivity index (χ3n) is 1.37. The number of hydrogen-bond acceptors (Lipinski definition) is 5. The minimum atomic E-state index is -1.13. The molecule has 0 aromatic carbocycles. The second-order valence-corrected chi connectivity index (χ2v) is 2.59. The van der Waals surface area contributed by atoms with Gasteiger partial charge < -0.3 is 10.8 Å². The van der Waals surface area contributed by atoms with Crippen LogP contribution in [0.1, 0.15) is 16.1 Å². The first-order valence-corrected chi connectivity index (χ1v) is 3.53. The van der Waals surface area contributed by atoms with Gasteiger partial charge in [-0.25, -0.2) is 14.8 Å². The summed E-state index contributed by atoms with van der Waals surface area (Å²) in [5.41, 5.74) is 5.65.